The molecule has 154 valence electrons. The van der Waals surface area contributed by atoms with Crippen molar-refractivity contribution in [2.24, 2.45) is 5.92 Å². The van der Waals surface area contributed by atoms with E-state index in [1.54, 1.807) is 0 Å². The summed E-state index contributed by atoms with van der Waals surface area (Å²) in [5, 5.41) is 4.64. The molecule has 2 aromatic carbocycles. The SMILES string of the molecule is [C-]#[N+]c1ccc(-c2c(-c3ccc(N)cc3)ncc3c2ccn3CC2CCNCC2)cc1. The van der Waals surface area contributed by atoms with E-state index >= 15 is 0 Å². The third-order valence-electron chi connectivity index (χ3n) is 6.21. The van der Waals surface area contributed by atoms with Gasteiger partial charge in [-0.1, -0.05) is 36.4 Å². The van der Waals surface area contributed by atoms with Crippen LogP contribution < -0.4 is 11.1 Å². The number of hydrogen-bond donors (Lipinski definition) is 2. The van der Waals surface area contributed by atoms with Crippen LogP contribution in [0.5, 0.6) is 0 Å². The summed E-state index contributed by atoms with van der Waals surface area (Å²) in [7, 11) is 0. The first kappa shape index (κ1) is 19.3. The van der Waals surface area contributed by atoms with Crippen LogP contribution in [0.2, 0.25) is 0 Å². The number of anilines is 1. The van der Waals surface area contributed by atoms with Gasteiger partial charge < -0.3 is 15.6 Å². The molecule has 0 radical (unpaired) electrons. The number of piperidine rings is 1. The number of benzene rings is 2. The Balaban J connectivity index is 1.65. The van der Waals surface area contributed by atoms with Crippen molar-refractivity contribution >= 4 is 22.3 Å². The van der Waals surface area contributed by atoms with Gasteiger partial charge in [0, 0.05) is 34.9 Å². The van der Waals surface area contributed by atoms with Gasteiger partial charge >= 0.3 is 0 Å². The average Bonchev–Trinajstić information content (AvgIpc) is 3.22. The number of nitrogens with two attached hydrogens (primary N) is 1. The molecule has 5 heteroatoms. The van der Waals surface area contributed by atoms with Gasteiger partial charge in [-0.3, -0.25) is 4.98 Å². The number of nitrogens with zero attached hydrogens (tertiary/aromatic N) is 3. The van der Waals surface area contributed by atoms with Crippen LogP contribution in [-0.4, -0.2) is 22.6 Å². The second-order valence-corrected chi connectivity index (χ2v) is 8.22. The topological polar surface area (TPSA) is 60.2 Å². The maximum Gasteiger partial charge on any atom is 0.187 e. The largest absolute Gasteiger partial charge is 0.399 e. The first-order valence-electron chi connectivity index (χ1n) is 10.8. The minimum atomic E-state index is 0.640. The fourth-order valence-corrected chi connectivity index (χ4v) is 4.51. The molecule has 4 aromatic rings. The van der Waals surface area contributed by atoms with Crippen LogP contribution in [0.3, 0.4) is 0 Å². The lowest BCUT2D eigenvalue weighted by Crippen LogP contribution is -2.29. The van der Waals surface area contributed by atoms with Crippen LogP contribution in [0.4, 0.5) is 11.4 Å². The number of fused-ring (bicyclic) bond motifs is 1. The second kappa shape index (κ2) is 8.25. The molecule has 31 heavy (non-hydrogen) atoms. The Morgan fingerprint density at radius 1 is 1.00 bits per heavy atom. The van der Waals surface area contributed by atoms with Gasteiger partial charge in [0.25, 0.3) is 0 Å². The Bertz CT molecular complexity index is 1240. The van der Waals surface area contributed by atoms with Gasteiger partial charge in [-0.15, -0.1) is 0 Å². The molecule has 0 amide bonds. The van der Waals surface area contributed by atoms with Crippen molar-refractivity contribution in [3.8, 4) is 22.4 Å². The molecule has 0 atom stereocenters. The highest BCUT2D eigenvalue weighted by molar-refractivity contribution is 6.01. The van der Waals surface area contributed by atoms with Crippen LogP contribution in [0.15, 0.2) is 67.0 Å². The van der Waals surface area contributed by atoms with Crippen molar-refractivity contribution in [1.29, 1.82) is 0 Å². The molecule has 5 nitrogen and oxygen atoms in total. The molecular formula is C26H25N5. The van der Waals surface area contributed by atoms with Crippen molar-refractivity contribution in [3.63, 3.8) is 0 Å². The fraction of sp³-hybridized carbons (Fsp3) is 0.231. The summed E-state index contributed by atoms with van der Waals surface area (Å²) in [5.41, 5.74) is 12.6. The molecule has 2 aromatic heterocycles. The zero-order valence-corrected chi connectivity index (χ0v) is 17.4. The van der Waals surface area contributed by atoms with Gasteiger partial charge in [0.05, 0.1) is 24.0 Å². The van der Waals surface area contributed by atoms with Crippen molar-refractivity contribution in [3.05, 3.63) is 78.4 Å². The van der Waals surface area contributed by atoms with Crippen molar-refractivity contribution < 1.29 is 0 Å². The summed E-state index contributed by atoms with van der Waals surface area (Å²) in [4.78, 5) is 8.46. The molecular weight excluding hydrogens is 382 g/mol. The van der Waals surface area contributed by atoms with E-state index in [-0.39, 0.29) is 0 Å². The molecule has 3 heterocycles. The zero-order valence-electron chi connectivity index (χ0n) is 17.4. The third-order valence-corrected chi connectivity index (χ3v) is 6.21. The molecule has 5 rings (SSSR count). The molecule has 0 spiro atoms. The summed E-state index contributed by atoms with van der Waals surface area (Å²) in [6, 6.07) is 17.9. The number of rotatable bonds is 4. The maximum absolute atomic E-state index is 7.27. The number of aromatic nitrogens is 2. The normalized spacial score (nSPS) is 14.5. The average molecular weight is 408 g/mol. The smallest absolute Gasteiger partial charge is 0.187 e. The molecule has 0 bridgehead atoms. The Morgan fingerprint density at radius 2 is 1.71 bits per heavy atom. The van der Waals surface area contributed by atoms with Crippen LogP contribution in [0.25, 0.3) is 38.1 Å². The molecule has 1 fully saturated rings. The van der Waals surface area contributed by atoms with Crippen LogP contribution >= 0.6 is 0 Å². The van der Waals surface area contributed by atoms with Crippen LogP contribution in [0.1, 0.15) is 12.8 Å². The molecule has 0 saturated carbocycles. The zero-order chi connectivity index (χ0) is 21.2. The summed E-state index contributed by atoms with van der Waals surface area (Å²) in [6.07, 6.45) is 6.61. The lowest BCUT2D eigenvalue weighted by atomic mass is 9.96. The minimum absolute atomic E-state index is 0.640. The van der Waals surface area contributed by atoms with Gasteiger partial charge in [-0.25, -0.2) is 4.85 Å². The Morgan fingerprint density at radius 3 is 2.42 bits per heavy atom. The molecule has 1 aliphatic rings. The van der Waals surface area contributed by atoms with E-state index in [2.05, 4.69) is 27.0 Å². The molecule has 3 N–H and O–H groups in total. The van der Waals surface area contributed by atoms with Crippen LogP contribution in [-0.2, 0) is 6.54 Å². The third kappa shape index (κ3) is 3.78. The van der Waals surface area contributed by atoms with E-state index in [4.69, 9.17) is 17.3 Å². The highest BCUT2D eigenvalue weighted by Gasteiger charge is 2.18. The molecule has 0 unspecified atom stereocenters. The number of pyridine rings is 1. The number of nitrogen functional groups attached to an aromatic ring is 1. The summed E-state index contributed by atoms with van der Waals surface area (Å²) >= 11 is 0. The van der Waals surface area contributed by atoms with E-state index in [1.165, 1.54) is 18.2 Å². The highest BCUT2D eigenvalue weighted by Crippen LogP contribution is 2.38. The van der Waals surface area contributed by atoms with Gasteiger partial charge in [-0.2, -0.15) is 0 Å². The van der Waals surface area contributed by atoms with E-state index in [9.17, 15) is 0 Å². The predicted octanol–water partition coefficient (Wildman–Crippen LogP) is 5.50. The Hall–Kier alpha value is -3.62. The van der Waals surface area contributed by atoms with Crippen molar-refractivity contribution in [2.75, 3.05) is 18.8 Å². The Kier molecular flexibility index (Phi) is 5.15. The van der Waals surface area contributed by atoms with E-state index in [0.29, 0.717) is 11.6 Å². The molecule has 0 aliphatic carbocycles. The van der Waals surface area contributed by atoms with Gasteiger partial charge in [0.1, 0.15) is 0 Å². The highest BCUT2D eigenvalue weighted by atomic mass is 15.0. The number of hydrogen-bond acceptors (Lipinski definition) is 3. The standard InChI is InChI=1S/C26H25N5/c1-28-22-8-4-19(5-9-22)25-23-12-15-31(17-18-10-13-29-14-11-18)24(23)16-30-26(25)20-2-6-21(27)7-3-20/h2-9,12,15-16,18,29H,10-11,13-14,17,27H2. The van der Waals surface area contributed by atoms with Crippen molar-refractivity contribution in [2.45, 2.75) is 19.4 Å². The lowest BCUT2D eigenvalue weighted by molar-refractivity contribution is 0.337. The van der Waals surface area contributed by atoms with E-state index in [0.717, 1.165) is 53.2 Å². The van der Waals surface area contributed by atoms with Crippen molar-refractivity contribution in [1.82, 2.24) is 14.9 Å². The summed E-state index contributed by atoms with van der Waals surface area (Å²) in [5.74, 6) is 0.690. The number of nitrogens with one attached hydrogen (secondary N) is 1. The predicted molar refractivity (Wildman–Crippen MR) is 127 cm³/mol. The maximum atomic E-state index is 7.27. The van der Waals surface area contributed by atoms with E-state index in [1.807, 2.05) is 54.7 Å². The monoisotopic (exact) mass is 407 g/mol. The summed E-state index contributed by atoms with van der Waals surface area (Å²) < 4.78 is 2.35. The minimum Gasteiger partial charge on any atom is -0.399 e. The second-order valence-electron chi connectivity index (χ2n) is 8.22. The Labute approximate surface area is 182 Å². The van der Waals surface area contributed by atoms with E-state index < -0.39 is 0 Å². The molecule has 1 aliphatic heterocycles. The quantitative estimate of drug-likeness (QED) is 0.347. The van der Waals surface area contributed by atoms with Gasteiger partial charge in [0.2, 0.25) is 0 Å². The fourth-order valence-electron chi connectivity index (χ4n) is 4.51. The first-order chi connectivity index (χ1) is 15.2. The molecule has 1 saturated heterocycles. The van der Waals surface area contributed by atoms with Crippen LogP contribution in [0, 0.1) is 12.5 Å². The summed E-state index contributed by atoms with van der Waals surface area (Å²) in [6.45, 7) is 10.5. The van der Waals surface area contributed by atoms with Gasteiger partial charge in [0.15, 0.2) is 5.69 Å². The lowest BCUT2D eigenvalue weighted by Gasteiger charge is -2.23. The first-order valence-corrected chi connectivity index (χ1v) is 10.8. The van der Waals surface area contributed by atoms with Gasteiger partial charge in [-0.05, 0) is 55.6 Å².